The maximum absolute atomic E-state index is 11.5. The molecule has 3 nitrogen and oxygen atoms in total. The zero-order valence-corrected chi connectivity index (χ0v) is 15.6. The molecule has 0 atom stereocenters. The lowest BCUT2D eigenvalue weighted by molar-refractivity contribution is 0.112. The van der Waals surface area contributed by atoms with E-state index in [9.17, 15) is 9.59 Å². The van der Waals surface area contributed by atoms with Crippen LogP contribution in [0.25, 0.3) is 38.6 Å². The topological polar surface area (TPSA) is 39.1 Å². The van der Waals surface area contributed by atoms with Crippen LogP contribution < -0.4 is 0 Å². The third kappa shape index (κ3) is 2.67. The Hall–Kier alpha value is -3.98. The van der Waals surface area contributed by atoms with Crippen LogP contribution in [-0.4, -0.2) is 17.1 Å². The fourth-order valence-electron chi connectivity index (χ4n) is 4.10. The summed E-state index contributed by atoms with van der Waals surface area (Å²) in [6.45, 7) is 0. The van der Waals surface area contributed by atoms with Gasteiger partial charge in [0.25, 0.3) is 0 Å². The second kappa shape index (κ2) is 6.88. The van der Waals surface area contributed by atoms with E-state index in [1.165, 1.54) is 10.8 Å². The molecule has 0 saturated heterocycles. The van der Waals surface area contributed by atoms with Crippen molar-refractivity contribution < 1.29 is 9.59 Å². The molecule has 1 heterocycles. The average Bonchev–Trinajstić information content (AvgIpc) is 3.13. The van der Waals surface area contributed by atoms with Gasteiger partial charge < -0.3 is 4.57 Å². The number of hydrogen-bond acceptors (Lipinski definition) is 2. The largest absolute Gasteiger partial charge is 0.309 e. The quantitative estimate of drug-likeness (QED) is 0.357. The second-order valence-corrected chi connectivity index (χ2v) is 6.96. The van der Waals surface area contributed by atoms with Crippen LogP contribution in [-0.2, 0) is 0 Å². The number of carbonyl (C=O) groups excluding carboxylic acids is 2. The summed E-state index contributed by atoms with van der Waals surface area (Å²) in [4.78, 5) is 23.0. The molecule has 0 unspecified atom stereocenters. The molecular formula is C26H17NO2. The van der Waals surface area contributed by atoms with E-state index >= 15 is 0 Å². The number of para-hydroxylation sites is 2. The number of carbonyl (C=O) groups is 2. The second-order valence-electron chi connectivity index (χ2n) is 6.96. The van der Waals surface area contributed by atoms with E-state index in [0.717, 1.165) is 34.9 Å². The van der Waals surface area contributed by atoms with Gasteiger partial charge in [0.2, 0.25) is 0 Å². The highest BCUT2D eigenvalue weighted by molar-refractivity contribution is 6.09. The molecule has 0 fully saturated rings. The summed E-state index contributed by atoms with van der Waals surface area (Å²) in [6, 6.07) is 29.9. The van der Waals surface area contributed by atoms with Crippen molar-refractivity contribution in [3.8, 4) is 16.8 Å². The van der Waals surface area contributed by atoms with E-state index in [1.807, 2.05) is 36.4 Å². The molecule has 1 aromatic heterocycles. The van der Waals surface area contributed by atoms with Gasteiger partial charge >= 0.3 is 0 Å². The molecule has 0 aliphatic rings. The number of rotatable bonds is 4. The van der Waals surface area contributed by atoms with Crippen LogP contribution in [0.3, 0.4) is 0 Å². The van der Waals surface area contributed by atoms with Crippen LogP contribution in [0.1, 0.15) is 20.7 Å². The predicted octanol–water partition coefficient (Wildman–Crippen LogP) is 6.08. The molecule has 5 aromatic rings. The van der Waals surface area contributed by atoms with Crippen molar-refractivity contribution >= 4 is 34.4 Å². The number of hydrogen-bond donors (Lipinski definition) is 0. The highest BCUT2D eigenvalue weighted by atomic mass is 16.1. The SMILES string of the molecule is O=Cc1cccc(C=O)c1-c1ccc(-n2c3ccccc3c3ccccc32)cc1. The lowest BCUT2D eigenvalue weighted by atomic mass is 9.95. The molecule has 4 aromatic carbocycles. The third-order valence-corrected chi connectivity index (χ3v) is 5.38. The fourth-order valence-corrected chi connectivity index (χ4v) is 4.10. The Morgan fingerprint density at radius 3 is 1.59 bits per heavy atom. The molecular weight excluding hydrogens is 358 g/mol. The third-order valence-electron chi connectivity index (χ3n) is 5.38. The Bertz CT molecular complexity index is 1300. The smallest absolute Gasteiger partial charge is 0.150 e. The van der Waals surface area contributed by atoms with Crippen molar-refractivity contribution in [3.05, 3.63) is 102 Å². The molecule has 3 heteroatoms. The highest BCUT2D eigenvalue weighted by Crippen LogP contribution is 2.33. The minimum absolute atomic E-state index is 0.513. The fraction of sp³-hybridized carbons (Fsp3) is 0. The summed E-state index contributed by atoms with van der Waals surface area (Å²) in [5.74, 6) is 0. The van der Waals surface area contributed by atoms with Gasteiger partial charge in [0, 0.05) is 33.2 Å². The highest BCUT2D eigenvalue weighted by Gasteiger charge is 2.13. The number of benzene rings is 4. The van der Waals surface area contributed by atoms with Gasteiger partial charge in [-0.05, 0) is 29.8 Å². The molecule has 29 heavy (non-hydrogen) atoms. The first-order chi connectivity index (χ1) is 14.3. The molecule has 0 N–H and O–H groups in total. The zero-order chi connectivity index (χ0) is 19.8. The van der Waals surface area contributed by atoms with Crippen molar-refractivity contribution in [2.24, 2.45) is 0 Å². The normalized spacial score (nSPS) is 11.0. The van der Waals surface area contributed by atoms with E-state index in [4.69, 9.17) is 0 Å². The number of fused-ring (bicyclic) bond motifs is 3. The van der Waals surface area contributed by atoms with Gasteiger partial charge in [-0.3, -0.25) is 9.59 Å². The lowest BCUT2D eigenvalue weighted by Crippen LogP contribution is -1.96. The van der Waals surface area contributed by atoms with Gasteiger partial charge in [-0.15, -0.1) is 0 Å². The molecule has 0 bridgehead atoms. The van der Waals surface area contributed by atoms with Crippen LogP contribution in [0.4, 0.5) is 0 Å². The van der Waals surface area contributed by atoms with E-state index in [1.54, 1.807) is 18.2 Å². The molecule has 0 amide bonds. The lowest BCUT2D eigenvalue weighted by Gasteiger charge is -2.11. The van der Waals surface area contributed by atoms with Crippen molar-refractivity contribution in [1.29, 1.82) is 0 Å². The van der Waals surface area contributed by atoms with Crippen molar-refractivity contribution in [2.75, 3.05) is 0 Å². The minimum Gasteiger partial charge on any atom is -0.309 e. The van der Waals surface area contributed by atoms with Gasteiger partial charge in [-0.1, -0.05) is 66.7 Å². The summed E-state index contributed by atoms with van der Waals surface area (Å²) < 4.78 is 2.24. The van der Waals surface area contributed by atoms with Crippen LogP contribution >= 0.6 is 0 Å². The molecule has 5 rings (SSSR count). The van der Waals surface area contributed by atoms with E-state index < -0.39 is 0 Å². The average molecular weight is 375 g/mol. The Balaban J connectivity index is 1.72. The predicted molar refractivity (Wildman–Crippen MR) is 117 cm³/mol. The molecule has 0 aliphatic carbocycles. The van der Waals surface area contributed by atoms with Crippen LogP contribution in [0.5, 0.6) is 0 Å². The maximum atomic E-state index is 11.5. The number of aldehydes is 2. The minimum atomic E-state index is 0.513. The van der Waals surface area contributed by atoms with Crippen LogP contribution in [0.15, 0.2) is 91.0 Å². The molecule has 0 radical (unpaired) electrons. The molecule has 0 spiro atoms. The zero-order valence-electron chi connectivity index (χ0n) is 15.6. The Labute approximate surface area is 167 Å². The monoisotopic (exact) mass is 375 g/mol. The maximum Gasteiger partial charge on any atom is 0.150 e. The van der Waals surface area contributed by atoms with Crippen molar-refractivity contribution in [1.82, 2.24) is 4.57 Å². The van der Waals surface area contributed by atoms with Gasteiger partial charge in [-0.25, -0.2) is 0 Å². The molecule has 0 saturated carbocycles. The summed E-state index contributed by atoms with van der Waals surface area (Å²) in [5, 5.41) is 2.42. The molecule has 0 aliphatic heterocycles. The first-order valence-electron chi connectivity index (χ1n) is 9.44. The Morgan fingerprint density at radius 2 is 1.07 bits per heavy atom. The van der Waals surface area contributed by atoms with Gasteiger partial charge in [0.1, 0.15) is 0 Å². The van der Waals surface area contributed by atoms with Crippen molar-refractivity contribution in [3.63, 3.8) is 0 Å². The van der Waals surface area contributed by atoms with E-state index in [2.05, 4.69) is 41.0 Å². The summed E-state index contributed by atoms with van der Waals surface area (Å²) in [7, 11) is 0. The first-order valence-corrected chi connectivity index (χ1v) is 9.44. The number of aromatic nitrogens is 1. The number of nitrogens with zero attached hydrogens (tertiary/aromatic N) is 1. The first kappa shape index (κ1) is 17.1. The van der Waals surface area contributed by atoms with E-state index in [0.29, 0.717) is 16.7 Å². The molecule has 138 valence electrons. The van der Waals surface area contributed by atoms with Gasteiger partial charge in [0.05, 0.1) is 11.0 Å². The summed E-state index contributed by atoms with van der Waals surface area (Å²) in [6.07, 6.45) is 1.59. The van der Waals surface area contributed by atoms with Crippen LogP contribution in [0.2, 0.25) is 0 Å². The van der Waals surface area contributed by atoms with Gasteiger partial charge in [-0.2, -0.15) is 0 Å². The van der Waals surface area contributed by atoms with Crippen molar-refractivity contribution in [2.45, 2.75) is 0 Å². The Morgan fingerprint density at radius 1 is 0.552 bits per heavy atom. The van der Waals surface area contributed by atoms with Crippen LogP contribution in [0, 0.1) is 0 Å². The van der Waals surface area contributed by atoms with Gasteiger partial charge in [0.15, 0.2) is 12.6 Å². The standard InChI is InChI=1S/C26H17NO2/c28-16-19-6-5-7-20(17-29)26(19)18-12-14-21(15-13-18)27-24-10-3-1-8-22(24)23-9-2-4-11-25(23)27/h1-17H. The van der Waals surface area contributed by atoms with E-state index in [-0.39, 0.29) is 0 Å². The summed E-state index contributed by atoms with van der Waals surface area (Å²) in [5.41, 5.74) is 5.86. The Kier molecular flexibility index (Phi) is 4.07. The summed E-state index contributed by atoms with van der Waals surface area (Å²) >= 11 is 0.